The molecule has 0 aromatic heterocycles. The van der Waals surface area contributed by atoms with Gasteiger partial charge in [-0.2, -0.15) is 0 Å². The minimum atomic E-state index is -3.25. The number of rotatable bonds is 2. The Bertz CT molecular complexity index is 555. The predicted molar refractivity (Wildman–Crippen MR) is 76.8 cm³/mol. The van der Waals surface area contributed by atoms with Crippen molar-refractivity contribution in [3.63, 3.8) is 0 Å². The van der Waals surface area contributed by atoms with Crippen LogP contribution >= 0.6 is 11.6 Å². The molecule has 0 aliphatic carbocycles. The summed E-state index contributed by atoms with van der Waals surface area (Å²) in [4.78, 5) is 2.35. The van der Waals surface area contributed by atoms with Crippen molar-refractivity contribution in [1.82, 2.24) is 0 Å². The average molecular weight is 304 g/mol. The molecule has 1 aliphatic heterocycles. The maximum absolute atomic E-state index is 11.6. The second kappa shape index (κ2) is 5.31. The monoisotopic (exact) mass is 303 g/mol. The first-order valence-electron chi connectivity index (χ1n) is 6.22. The Morgan fingerprint density at radius 1 is 1.32 bits per heavy atom. The number of aliphatic hydroxyl groups excluding tert-OH is 1. The Morgan fingerprint density at radius 3 is 2.37 bits per heavy atom. The first-order chi connectivity index (χ1) is 8.79. The van der Waals surface area contributed by atoms with E-state index in [4.69, 9.17) is 11.6 Å². The number of hydrogen-bond acceptors (Lipinski definition) is 4. The summed E-state index contributed by atoms with van der Waals surface area (Å²) >= 11 is 6.24. The number of aryl methyl sites for hydroxylation is 1. The normalized spacial score (nSPS) is 17.8. The molecule has 1 fully saturated rings. The highest BCUT2D eigenvalue weighted by Crippen LogP contribution is 2.34. The molecular formula is C13H18ClNO3S. The first kappa shape index (κ1) is 14.6. The van der Waals surface area contributed by atoms with Gasteiger partial charge in [0.25, 0.3) is 0 Å². The van der Waals surface area contributed by atoms with E-state index in [1.54, 1.807) is 6.07 Å². The molecule has 4 nitrogen and oxygen atoms in total. The van der Waals surface area contributed by atoms with Crippen LogP contribution in [0.15, 0.2) is 17.0 Å². The Balaban J connectivity index is 2.37. The summed E-state index contributed by atoms with van der Waals surface area (Å²) in [5.41, 5.74) is 1.73. The molecule has 1 aromatic rings. The number of piperidine rings is 1. The number of halogens is 1. The smallest absolute Gasteiger partial charge is 0.175 e. The molecule has 19 heavy (non-hydrogen) atoms. The predicted octanol–water partition coefficient (Wildman–Crippen LogP) is 2.01. The standard InChI is InChI=1S/C13H18ClNO3S/c1-9-7-11(19(2,17)18)8-12(14)13(9)15-5-3-10(16)4-6-15/h7-8,10,16H,3-6H2,1-2H3. The van der Waals surface area contributed by atoms with Crippen LogP contribution in [0.1, 0.15) is 18.4 Å². The molecule has 1 saturated heterocycles. The van der Waals surface area contributed by atoms with Gasteiger partial charge in [0.2, 0.25) is 0 Å². The Morgan fingerprint density at radius 2 is 1.89 bits per heavy atom. The third-order valence-electron chi connectivity index (χ3n) is 3.44. The fourth-order valence-electron chi connectivity index (χ4n) is 2.41. The van der Waals surface area contributed by atoms with Crippen molar-refractivity contribution >= 4 is 27.1 Å². The molecule has 2 rings (SSSR count). The van der Waals surface area contributed by atoms with Crippen LogP contribution < -0.4 is 4.90 Å². The van der Waals surface area contributed by atoms with Crippen molar-refractivity contribution in [3.05, 3.63) is 22.7 Å². The van der Waals surface area contributed by atoms with Gasteiger partial charge in [0.15, 0.2) is 9.84 Å². The zero-order chi connectivity index (χ0) is 14.2. The van der Waals surface area contributed by atoms with Crippen molar-refractivity contribution in [2.75, 3.05) is 24.2 Å². The van der Waals surface area contributed by atoms with Crippen molar-refractivity contribution in [2.24, 2.45) is 0 Å². The van der Waals surface area contributed by atoms with E-state index in [2.05, 4.69) is 4.90 Å². The van der Waals surface area contributed by atoms with Gasteiger partial charge in [-0.3, -0.25) is 0 Å². The Kier molecular flexibility index (Phi) is 4.08. The minimum Gasteiger partial charge on any atom is -0.393 e. The summed E-state index contributed by atoms with van der Waals surface area (Å²) in [6, 6.07) is 3.16. The number of sulfone groups is 1. The van der Waals surface area contributed by atoms with Gasteiger partial charge in [-0.25, -0.2) is 8.42 Å². The second-order valence-electron chi connectivity index (χ2n) is 5.06. The third-order valence-corrected chi connectivity index (χ3v) is 4.82. The molecule has 0 unspecified atom stereocenters. The van der Waals surface area contributed by atoms with E-state index in [9.17, 15) is 13.5 Å². The van der Waals surface area contributed by atoms with E-state index in [1.165, 1.54) is 12.3 Å². The van der Waals surface area contributed by atoms with Crippen molar-refractivity contribution in [1.29, 1.82) is 0 Å². The highest BCUT2D eigenvalue weighted by atomic mass is 35.5. The number of aliphatic hydroxyl groups is 1. The number of anilines is 1. The molecule has 106 valence electrons. The molecule has 0 bridgehead atoms. The second-order valence-corrected chi connectivity index (χ2v) is 7.48. The summed E-state index contributed by atoms with van der Waals surface area (Å²) in [5.74, 6) is 0. The highest BCUT2D eigenvalue weighted by Gasteiger charge is 2.22. The van der Waals surface area contributed by atoms with Crippen LogP contribution in [0.4, 0.5) is 5.69 Å². The molecule has 1 aromatic carbocycles. The van der Waals surface area contributed by atoms with E-state index in [-0.39, 0.29) is 11.0 Å². The molecule has 1 aliphatic rings. The topological polar surface area (TPSA) is 57.6 Å². The van der Waals surface area contributed by atoms with Gasteiger partial charge in [-0.1, -0.05) is 11.6 Å². The SMILES string of the molecule is Cc1cc(S(C)(=O)=O)cc(Cl)c1N1CCC(O)CC1. The quantitative estimate of drug-likeness (QED) is 0.908. The fraction of sp³-hybridized carbons (Fsp3) is 0.538. The van der Waals surface area contributed by atoms with Crippen molar-refractivity contribution < 1.29 is 13.5 Å². The molecule has 6 heteroatoms. The lowest BCUT2D eigenvalue weighted by atomic mass is 10.1. The molecular weight excluding hydrogens is 286 g/mol. The van der Waals surface area contributed by atoms with Gasteiger partial charge >= 0.3 is 0 Å². The van der Waals surface area contributed by atoms with E-state index < -0.39 is 9.84 Å². The van der Waals surface area contributed by atoms with E-state index in [0.717, 1.165) is 24.3 Å². The van der Waals surface area contributed by atoms with E-state index in [1.807, 2.05) is 6.92 Å². The maximum atomic E-state index is 11.6. The average Bonchev–Trinajstić information content (AvgIpc) is 2.29. The summed E-state index contributed by atoms with van der Waals surface area (Å²) in [6.07, 6.45) is 2.35. The highest BCUT2D eigenvalue weighted by molar-refractivity contribution is 7.90. The van der Waals surface area contributed by atoms with E-state index in [0.29, 0.717) is 17.9 Å². The Hall–Kier alpha value is -0.780. The van der Waals surface area contributed by atoms with Gasteiger partial charge in [-0.15, -0.1) is 0 Å². The molecule has 0 radical (unpaired) electrons. The largest absolute Gasteiger partial charge is 0.393 e. The summed E-state index contributed by atoms with van der Waals surface area (Å²) in [5, 5.41) is 9.98. The van der Waals surface area contributed by atoms with Gasteiger partial charge in [0.1, 0.15) is 0 Å². The van der Waals surface area contributed by atoms with Crippen molar-refractivity contribution in [2.45, 2.75) is 30.8 Å². The van der Waals surface area contributed by atoms with Crippen LogP contribution in [0.25, 0.3) is 0 Å². The van der Waals surface area contributed by atoms with E-state index >= 15 is 0 Å². The zero-order valence-electron chi connectivity index (χ0n) is 11.1. The lowest BCUT2D eigenvalue weighted by Gasteiger charge is -2.33. The van der Waals surface area contributed by atoms with Crippen LogP contribution in [0.2, 0.25) is 5.02 Å². The lowest BCUT2D eigenvalue weighted by molar-refractivity contribution is 0.145. The summed E-state index contributed by atoms with van der Waals surface area (Å²) in [7, 11) is -3.25. The zero-order valence-corrected chi connectivity index (χ0v) is 12.6. The molecule has 1 N–H and O–H groups in total. The number of nitrogens with zero attached hydrogens (tertiary/aromatic N) is 1. The maximum Gasteiger partial charge on any atom is 0.175 e. The number of benzene rings is 1. The molecule has 0 saturated carbocycles. The fourth-order valence-corrected chi connectivity index (χ4v) is 3.58. The lowest BCUT2D eigenvalue weighted by Crippen LogP contribution is -2.36. The molecule has 0 amide bonds. The molecule has 1 heterocycles. The van der Waals surface area contributed by atoms with Crippen LogP contribution in [-0.2, 0) is 9.84 Å². The van der Waals surface area contributed by atoms with Crippen LogP contribution in [0, 0.1) is 6.92 Å². The van der Waals surface area contributed by atoms with Crippen LogP contribution in [0.3, 0.4) is 0 Å². The third kappa shape index (κ3) is 3.22. The van der Waals surface area contributed by atoms with Crippen molar-refractivity contribution in [3.8, 4) is 0 Å². The van der Waals surface area contributed by atoms with Gasteiger partial charge in [0.05, 0.1) is 21.7 Å². The van der Waals surface area contributed by atoms with Crippen LogP contribution in [-0.4, -0.2) is 39.0 Å². The minimum absolute atomic E-state index is 0.245. The van der Waals surface area contributed by atoms with Gasteiger partial charge in [0, 0.05) is 19.3 Å². The number of hydrogen-bond donors (Lipinski definition) is 1. The first-order valence-corrected chi connectivity index (χ1v) is 8.49. The molecule has 0 atom stereocenters. The van der Waals surface area contributed by atoms with Gasteiger partial charge in [-0.05, 0) is 37.5 Å². The van der Waals surface area contributed by atoms with Gasteiger partial charge < -0.3 is 10.0 Å². The Labute approximate surface area is 118 Å². The summed E-state index contributed by atoms with van der Waals surface area (Å²) < 4.78 is 23.1. The van der Waals surface area contributed by atoms with Crippen LogP contribution in [0.5, 0.6) is 0 Å². The summed E-state index contributed by atoms with van der Waals surface area (Å²) in [6.45, 7) is 3.33. The molecule has 0 spiro atoms.